The summed E-state index contributed by atoms with van der Waals surface area (Å²) >= 11 is 0. The standard InChI is InChI=1S/C12H15NO/c1-9(10-3-4-10)13-11-5-7-12(14-2)8-6-11/h5-8,10H,3-4H2,1-2H3. The third-order valence-electron chi connectivity index (χ3n) is 2.55. The summed E-state index contributed by atoms with van der Waals surface area (Å²) in [4.78, 5) is 4.56. The molecule has 0 spiro atoms. The molecule has 0 atom stereocenters. The van der Waals surface area contributed by atoms with E-state index >= 15 is 0 Å². The van der Waals surface area contributed by atoms with Crippen LogP contribution in [-0.4, -0.2) is 12.8 Å². The van der Waals surface area contributed by atoms with Crippen LogP contribution in [0.4, 0.5) is 5.69 Å². The van der Waals surface area contributed by atoms with Crippen LogP contribution < -0.4 is 4.74 Å². The number of hydrogen-bond acceptors (Lipinski definition) is 2. The molecule has 74 valence electrons. The number of rotatable bonds is 3. The molecule has 2 heteroatoms. The van der Waals surface area contributed by atoms with Crippen molar-refractivity contribution in [2.45, 2.75) is 19.8 Å². The average Bonchev–Trinajstić information content (AvgIpc) is 3.02. The van der Waals surface area contributed by atoms with Gasteiger partial charge in [0.1, 0.15) is 5.75 Å². The SMILES string of the molecule is COc1ccc(N=C(C)C2CC2)cc1. The Morgan fingerprint density at radius 2 is 1.93 bits per heavy atom. The second-order valence-corrected chi connectivity index (χ2v) is 3.73. The molecule has 1 fully saturated rings. The molecule has 1 aliphatic rings. The molecule has 1 aliphatic carbocycles. The molecular weight excluding hydrogens is 174 g/mol. The molecule has 0 heterocycles. The van der Waals surface area contributed by atoms with Crippen molar-refractivity contribution in [1.29, 1.82) is 0 Å². The molecule has 0 aliphatic heterocycles. The Kier molecular flexibility index (Phi) is 2.53. The topological polar surface area (TPSA) is 21.6 Å². The van der Waals surface area contributed by atoms with Crippen molar-refractivity contribution in [3.8, 4) is 5.75 Å². The van der Waals surface area contributed by atoms with E-state index in [0.717, 1.165) is 17.4 Å². The van der Waals surface area contributed by atoms with Gasteiger partial charge in [-0.2, -0.15) is 0 Å². The normalized spacial score (nSPS) is 16.9. The molecule has 1 aromatic carbocycles. The van der Waals surface area contributed by atoms with Gasteiger partial charge >= 0.3 is 0 Å². The van der Waals surface area contributed by atoms with E-state index in [9.17, 15) is 0 Å². The van der Waals surface area contributed by atoms with Gasteiger partial charge in [0.25, 0.3) is 0 Å². The van der Waals surface area contributed by atoms with Gasteiger partial charge in [-0.15, -0.1) is 0 Å². The van der Waals surface area contributed by atoms with E-state index in [1.54, 1.807) is 7.11 Å². The summed E-state index contributed by atoms with van der Waals surface area (Å²) < 4.78 is 5.09. The summed E-state index contributed by atoms with van der Waals surface area (Å²) in [6.07, 6.45) is 2.62. The van der Waals surface area contributed by atoms with Crippen LogP contribution in [0.2, 0.25) is 0 Å². The zero-order valence-corrected chi connectivity index (χ0v) is 8.66. The first-order valence-electron chi connectivity index (χ1n) is 4.99. The highest BCUT2D eigenvalue weighted by Crippen LogP contribution is 2.32. The Hall–Kier alpha value is -1.31. The van der Waals surface area contributed by atoms with Gasteiger partial charge in [0, 0.05) is 5.71 Å². The van der Waals surface area contributed by atoms with Crippen molar-refractivity contribution in [3.63, 3.8) is 0 Å². The molecule has 0 saturated heterocycles. The molecule has 1 saturated carbocycles. The summed E-state index contributed by atoms with van der Waals surface area (Å²) in [6.45, 7) is 2.11. The van der Waals surface area contributed by atoms with Crippen LogP contribution in [0, 0.1) is 5.92 Å². The van der Waals surface area contributed by atoms with Gasteiger partial charge in [-0.1, -0.05) is 0 Å². The van der Waals surface area contributed by atoms with Gasteiger partial charge in [-0.3, -0.25) is 4.99 Å². The summed E-state index contributed by atoms with van der Waals surface area (Å²) in [5.41, 5.74) is 2.28. The smallest absolute Gasteiger partial charge is 0.119 e. The number of benzene rings is 1. The van der Waals surface area contributed by atoms with Gasteiger partial charge in [0.15, 0.2) is 0 Å². The molecule has 0 unspecified atom stereocenters. The minimum atomic E-state index is 0.747. The van der Waals surface area contributed by atoms with Gasteiger partial charge in [0.05, 0.1) is 12.8 Å². The minimum Gasteiger partial charge on any atom is -0.497 e. The number of methoxy groups -OCH3 is 1. The Labute approximate surface area is 84.6 Å². The van der Waals surface area contributed by atoms with E-state index < -0.39 is 0 Å². The van der Waals surface area contributed by atoms with E-state index in [0.29, 0.717) is 0 Å². The molecule has 14 heavy (non-hydrogen) atoms. The maximum atomic E-state index is 5.09. The van der Waals surface area contributed by atoms with Gasteiger partial charge in [-0.05, 0) is 49.9 Å². The van der Waals surface area contributed by atoms with Crippen LogP contribution in [0.5, 0.6) is 5.75 Å². The zero-order valence-electron chi connectivity index (χ0n) is 8.66. The molecule has 0 radical (unpaired) electrons. The third kappa shape index (κ3) is 2.13. The molecule has 2 rings (SSSR count). The van der Waals surface area contributed by atoms with Gasteiger partial charge < -0.3 is 4.74 Å². The largest absolute Gasteiger partial charge is 0.497 e. The van der Waals surface area contributed by atoms with Crippen molar-refractivity contribution in [2.24, 2.45) is 10.9 Å². The molecule has 0 N–H and O–H groups in total. The lowest BCUT2D eigenvalue weighted by Crippen LogP contribution is -1.91. The summed E-state index contributed by atoms with van der Waals surface area (Å²) in [6, 6.07) is 7.87. The highest BCUT2D eigenvalue weighted by molar-refractivity contribution is 5.88. The lowest BCUT2D eigenvalue weighted by atomic mass is 10.2. The Morgan fingerprint density at radius 1 is 1.29 bits per heavy atom. The number of ether oxygens (including phenoxy) is 1. The Morgan fingerprint density at radius 3 is 2.43 bits per heavy atom. The molecule has 0 amide bonds. The molecular formula is C12H15NO. The van der Waals surface area contributed by atoms with Crippen LogP contribution in [0.3, 0.4) is 0 Å². The fourth-order valence-corrected chi connectivity index (χ4v) is 1.45. The fourth-order valence-electron chi connectivity index (χ4n) is 1.45. The van der Waals surface area contributed by atoms with Crippen molar-refractivity contribution in [3.05, 3.63) is 24.3 Å². The van der Waals surface area contributed by atoms with Crippen LogP contribution in [0.25, 0.3) is 0 Å². The van der Waals surface area contributed by atoms with Crippen molar-refractivity contribution < 1.29 is 4.74 Å². The predicted molar refractivity (Wildman–Crippen MR) is 58.5 cm³/mol. The van der Waals surface area contributed by atoms with Crippen LogP contribution in [-0.2, 0) is 0 Å². The summed E-state index contributed by atoms with van der Waals surface area (Å²) in [7, 11) is 1.67. The molecule has 0 aromatic heterocycles. The van der Waals surface area contributed by atoms with E-state index in [4.69, 9.17) is 4.74 Å². The Bertz CT molecular complexity index is 336. The van der Waals surface area contributed by atoms with E-state index in [-0.39, 0.29) is 0 Å². The second-order valence-electron chi connectivity index (χ2n) is 3.73. The monoisotopic (exact) mass is 189 g/mol. The lowest BCUT2D eigenvalue weighted by molar-refractivity contribution is 0.415. The Balaban J connectivity index is 2.12. The molecule has 2 nitrogen and oxygen atoms in total. The van der Waals surface area contributed by atoms with E-state index in [1.165, 1.54) is 18.6 Å². The van der Waals surface area contributed by atoms with E-state index in [2.05, 4.69) is 11.9 Å². The first kappa shape index (κ1) is 9.25. The van der Waals surface area contributed by atoms with Crippen molar-refractivity contribution in [2.75, 3.05) is 7.11 Å². The molecule has 0 bridgehead atoms. The minimum absolute atomic E-state index is 0.747. The van der Waals surface area contributed by atoms with Crippen molar-refractivity contribution in [1.82, 2.24) is 0 Å². The maximum Gasteiger partial charge on any atom is 0.119 e. The predicted octanol–water partition coefficient (Wildman–Crippen LogP) is 3.20. The number of hydrogen-bond donors (Lipinski definition) is 0. The van der Waals surface area contributed by atoms with Gasteiger partial charge in [0.2, 0.25) is 0 Å². The zero-order chi connectivity index (χ0) is 9.97. The number of nitrogens with zero attached hydrogens (tertiary/aromatic N) is 1. The maximum absolute atomic E-state index is 5.09. The van der Waals surface area contributed by atoms with E-state index in [1.807, 2.05) is 24.3 Å². The first-order chi connectivity index (χ1) is 6.79. The van der Waals surface area contributed by atoms with Gasteiger partial charge in [-0.25, -0.2) is 0 Å². The lowest BCUT2D eigenvalue weighted by Gasteiger charge is -2.00. The highest BCUT2D eigenvalue weighted by Gasteiger charge is 2.24. The quantitative estimate of drug-likeness (QED) is 0.669. The summed E-state index contributed by atoms with van der Waals surface area (Å²) in [5, 5.41) is 0. The van der Waals surface area contributed by atoms with Crippen molar-refractivity contribution >= 4 is 11.4 Å². The van der Waals surface area contributed by atoms with Crippen LogP contribution in [0.1, 0.15) is 19.8 Å². The fraction of sp³-hybridized carbons (Fsp3) is 0.417. The third-order valence-corrected chi connectivity index (χ3v) is 2.55. The highest BCUT2D eigenvalue weighted by atomic mass is 16.5. The van der Waals surface area contributed by atoms with Crippen LogP contribution >= 0.6 is 0 Å². The first-order valence-corrected chi connectivity index (χ1v) is 4.99. The van der Waals surface area contributed by atoms with Crippen LogP contribution in [0.15, 0.2) is 29.3 Å². The number of aliphatic imine (C=N–C) groups is 1. The average molecular weight is 189 g/mol. The summed E-state index contributed by atoms with van der Waals surface area (Å²) in [5.74, 6) is 1.63. The molecule has 1 aromatic rings. The second kappa shape index (κ2) is 3.82.